The molecule has 1 amide bonds. The van der Waals surface area contributed by atoms with Gasteiger partial charge in [-0.3, -0.25) is 4.79 Å². The molecule has 0 saturated carbocycles. The Kier molecular flexibility index (Phi) is 6.05. The normalized spacial score (nSPS) is 11.8. The number of hydrogen-bond donors (Lipinski definition) is 1. The highest BCUT2D eigenvalue weighted by Gasteiger charge is 2.18. The van der Waals surface area contributed by atoms with Gasteiger partial charge in [0, 0.05) is 11.6 Å². The summed E-state index contributed by atoms with van der Waals surface area (Å²) in [6, 6.07) is 13.4. The summed E-state index contributed by atoms with van der Waals surface area (Å²) in [5.74, 6) is 0.549. The molecule has 0 aromatic heterocycles. The van der Waals surface area contributed by atoms with Crippen LogP contribution in [0.25, 0.3) is 0 Å². The molecular formula is C19H22ClNO2. The van der Waals surface area contributed by atoms with Crippen LogP contribution in [0.15, 0.2) is 42.5 Å². The zero-order valence-corrected chi connectivity index (χ0v) is 14.5. The van der Waals surface area contributed by atoms with Gasteiger partial charge in [0.25, 0.3) is 5.91 Å². The fraction of sp³-hybridized carbons (Fsp3) is 0.316. The first kappa shape index (κ1) is 17.4. The molecule has 4 heteroatoms. The first-order valence-corrected chi connectivity index (χ1v) is 8.14. The van der Waals surface area contributed by atoms with Gasteiger partial charge in [-0.05, 0) is 55.2 Å². The summed E-state index contributed by atoms with van der Waals surface area (Å²) in [5.41, 5.74) is 3.20. The van der Waals surface area contributed by atoms with E-state index < -0.39 is 6.10 Å². The highest BCUT2D eigenvalue weighted by molar-refractivity contribution is 6.31. The Morgan fingerprint density at radius 3 is 2.57 bits per heavy atom. The van der Waals surface area contributed by atoms with Crippen molar-refractivity contribution < 1.29 is 9.53 Å². The van der Waals surface area contributed by atoms with Gasteiger partial charge in [0.1, 0.15) is 5.75 Å². The number of nitrogens with one attached hydrogen (secondary N) is 1. The van der Waals surface area contributed by atoms with E-state index in [4.69, 9.17) is 16.3 Å². The molecule has 0 spiro atoms. The van der Waals surface area contributed by atoms with E-state index in [0.29, 0.717) is 23.7 Å². The molecule has 3 nitrogen and oxygen atoms in total. The van der Waals surface area contributed by atoms with Crippen molar-refractivity contribution in [2.75, 3.05) is 0 Å². The second-order valence-corrected chi connectivity index (χ2v) is 5.98. The van der Waals surface area contributed by atoms with Gasteiger partial charge in [0.15, 0.2) is 6.10 Å². The highest BCUT2D eigenvalue weighted by Crippen LogP contribution is 2.22. The smallest absolute Gasteiger partial charge is 0.261 e. The molecule has 1 N–H and O–H groups in total. The van der Waals surface area contributed by atoms with Crippen LogP contribution in [0, 0.1) is 13.8 Å². The van der Waals surface area contributed by atoms with E-state index in [9.17, 15) is 4.79 Å². The summed E-state index contributed by atoms with van der Waals surface area (Å²) in [6.45, 7) is 6.38. The van der Waals surface area contributed by atoms with Crippen molar-refractivity contribution in [2.24, 2.45) is 0 Å². The highest BCUT2D eigenvalue weighted by atomic mass is 35.5. The van der Waals surface area contributed by atoms with Crippen LogP contribution in [-0.4, -0.2) is 12.0 Å². The molecule has 2 rings (SSSR count). The lowest BCUT2D eigenvalue weighted by molar-refractivity contribution is -0.128. The first-order chi connectivity index (χ1) is 11.0. The molecule has 2 aromatic carbocycles. The van der Waals surface area contributed by atoms with Crippen LogP contribution in [-0.2, 0) is 11.3 Å². The molecule has 0 fully saturated rings. The first-order valence-electron chi connectivity index (χ1n) is 7.76. The van der Waals surface area contributed by atoms with Crippen molar-refractivity contribution >= 4 is 17.5 Å². The van der Waals surface area contributed by atoms with Gasteiger partial charge in [0.2, 0.25) is 0 Å². The van der Waals surface area contributed by atoms with Crippen molar-refractivity contribution in [1.82, 2.24) is 5.32 Å². The predicted molar refractivity (Wildman–Crippen MR) is 93.9 cm³/mol. The quantitative estimate of drug-likeness (QED) is 0.850. The Morgan fingerprint density at radius 2 is 1.91 bits per heavy atom. The average molecular weight is 332 g/mol. The zero-order valence-electron chi connectivity index (χ0n) is 13.7. The van der Waals surface area contributed by atoms with Gasteiger partial charge < -0.3 is 10.1 Å². The second-order valence-electron chi connectivity index (χ2n) is 5.57. The zero-order chi connectivity index (χ0) is 16.8. The van der Waals surface area contributed by atoms with Crippen LogP contribution >= 0.6 is 11.6 Å². The minimum atomic E-state index is -0.514. The van der Waals surface area contributed by atoms with Gasteiger partial charge in [-0.15, -0.1) is 0 Å². The van der Waals surface area contributed by atoms with Crippen LogP contribution in [0.5, 0.6) is 5.75 Å². The monoisotopic (exact) mass is 331 g/mol. The van der Waals surface area contributed by atoms with Gasteiger partial charge in [0.05, 0.1) is 0 Å². The molecule has 1 atom stereocenters. The van der Waals surface area contributed by atoms with Crippen LogP contribution < -0.4 is 10.1 Å². The largest absolute Gasteiger partial charge is 0.481 e. The Morgan fingerprint density at radius 1 is 1.17 bits per heavy atom. The number of halogens is 1. The van der Waals surface area contributed by atoms with Gasteiger partial charge >= 0.3 is 0 Å². The Bertz CT molecular complexity index is 685. The van der Waals surface area contributed by atoms with Crippen molar-refractivity contribution in [2.45, 2.75) is 39.8 Å². The second kappa shape index (κ2) is 8.02. The molecule has 0 aliphatic carbocycles. The van der Waals surface area contributed by atoms with E-state index >= 15 is 0 Å². The lowest BCUT2D eigenvalue weighted by Crippen LogP contribution is -2.37. The molecule has 0 aliphatic rings. The van der Waals surface area contributed by atoms with Crippen LogP contribution in [0.4, 0.5) is 0 Å². The third kappa shape index (κ3) is 4.73. The van der Waals surface area contributed by atoms with E-state index in [1.807, 2.05) is 51.1 Å². The summed E-state index contributed by atoms with van der Waals surface area (Å²) < 4.78 is 5.81. The maximum absolute atomic E-state index is 12.4. The van der Waals surface area contributed by atoms with Crippen LogP contribution in [0.2, 0.25) is 5.02 Å². The van der Waals surface area contributed by atoms with Gasteiger partial charge in [-0.25, -0.2) is 0 Å². The number of benzene rings is 2. The third-order valence-electron chi connectivity index (χ3n) is 3.79. The van der Waals surface area contributed by atoms with E-state index in [0.717, 1.165) is 16.7 Å². The average Bonchev–Trinajstić information content (AvgIpc) is 2.54. The molecule has 0 heterocycles. The predicted octanol–water partition coefficient (Wildman–Crippen LogP) is 4.43. The molecule has 0 radical (unpaired) electrons. The third-order valence-corrected chi connectivity index (χ3v) is 4.21. The van der Waals surface area contributed by atoms with Crippen molar-refractivity contribution in [3.8, 4) is 5.75 Å². The minimum absolute atomic E-state index is 0.108. The maximum Gasteiger partial charge on any atom is 0.261 e. The Labute approximate surface area is 142 Å². The number of aryl methyl sites for hydroxylation is 2. The fourth-order valence-corrected chi connectivity index (χ4v) is 2.40. The standard InChI is InChI=1S/C19H22ClNO2/c1-4-18(23-16-9-10-17(20)14(3)11-16)19(22)21-12-15-8-6-5-7-13(15)2/h5-11,18H,4,12H2,1-3H3,(H,21,22). The minimum Gasteiger partial charge on any atom is -0.481 e. The number of carbonyl (C=O) groups excluding carboxylic acids is 1. The topological polar surface area (TPSA) is 38.3 Å². The van der Waals surface area contributed by atoms with Crippen molar-refractivity contribution in [1.29, 1.82) is 0 Å². The number of rotatable bonds is 6. The SMILES string of the molecule is CCC(Oc1ccc(Cl)c(C)c1)C(=O)NCc1ccccc1C. The molecule has 2 aromatic rings. The number of hydrogen-bond acceptors (Lipinski definition) is 2. The maximum atomic E-state index is 12.4. The lowest BCUT2D eigenvalue weighted by atomic mass is 10.1. The van der Waals surface area contributed by atoms with E-state index in [-0.39, 0.29) is 5.91 Å². The van der Waals surface area contributed by atoms with Gasteiger partial charge in [-0.2, -0.15) is 0 Å². The van der Waals surface area contributed by atoms with Crippen LogP contribution in [0.1, 0.15) is 30.0 Å². The molecule has 0 bridgehead atoms. The van der Waals surface area contributed by atoms with Gasteiger partial charge in [-0.1, -0.05) is 42.8 Å². The Hall–Kier alpha value is -2.00. The van der Waals surface area contributed by atoms with E-state index in [1.165, 1.54) is 0 Å². The number of carbonyl (C=O) groups is 1. The molecule has 0 saturated heterocycles. The molecule has 23 heavy (non-hydrogen) atoms. The summed E-state index contributed by atoms with van der Waals surface area (Å²) in [7, 11) is 0. The van der Waals surface area contributed by atoms with Crippen molar-refractivity contribution in [3.05, 3.63) is 64.2 Å². The molecular weight excluding hydrogens is 310 g/mol. The fourth-order valence-electron chi connectivity index (χ4n) is 2.28. The van der Waals surface area contributed by atoms with E-state index in [2.05, 4.69) is 5.32 Å². The van der Waals surface area contributed by atoms with Crippen molar-refractivity contribution in [3.63, 3.8) is 0 Å². The summed E-state index contributed by atoms with van der Waals surface area (Å²) in [4.78, 5) is 12.4. The molecule has 122 valence electrons. The summed E-state index contributed by atoms with van der Waals surface area (Å²) in [5, 5.41) is 3.64. The Balaban J connectivity index is 1.98. The summed E-state index contributed by atoms with van der Waals surface area (Å²) in [6.07, 6.45) is 0.0842. The number of amides is 1. The summed E-state index contributed by atoms with van der Waals surface area (Å²) >= 11 is 6.01. The van der Waals surface area contributed by atoms with E-state index in [1.54, 1.807) is 12.1 Å². The molecule has 1 unspecified atom stereocenters. The lowest BCUT2D eigenvalue weighted by Gasteiger charge is -2.18. The van der Waals surface area contributed by atoms with Crippen LogP contribution in [0.3, 0.4) is 0 Å². The number of ether oxygens (including phenoxy) is 1. The molecule has 0 aliphatic heterocycles.